The Bertz CT molecular complexity index is 721. The van der Waals surface area contributed by atoms with Gasteiger partial charge in [-0.05, 0) is 46.3 Å². The van der Waals surface area contributed by atoms with E-state index in [9.17, 15) is 5.11 Å². The van der Waals surface area contributed by atoms with Crippen molar-refractivity contribution < 1.29 is 5.11 Å². The Balaban J connectivity index is 1.44. The Morgan fingerprint density at radius 3 is 2.81 bits per heavy atom. The number of aliphatic hydroxyl groups excluding tert-OH is 1. The van der Waals surface area contributed by atoms with Crippen molar-refractivity contribution in [2.24, 2.45) is 0 Å². The van der Waals surface area contributed by atoms with E-state index in [0.717, 1.165) is 43.3 Å². The predicted octanol–water partition coefficient (Wildman–Crippen LogP) is 1.67. The van der Waals surface area contributed by atoms with Crippen LogP contribution in [0.25, 0.3) is 4.96 Å². The van der Waals surface area contributed by atoms with Gasteiger partial charge >= 0.3 is 0 Å². The van der Waals surface area contributed by atoms with Crippen molar-refractivity contribution in [3.8, 4) is 0 Å². The molecule has 0 amide bonds. The summed E-state index contributed by atoms with van der Waals surface area (Å²) in [5, 5.41) is 11.7. The number of thiazole rings is 1. The molecular formula is C19H31N5OS. The van der Waals surface area contributed by atoms with Crippen molar-refractivity contribution >= 4 is 16.3 Å². The quantitative estimate of drug-likeness (QED) is 0.859. The molecule has 2 saturated heterocycles. The van der Waals surface area contributed by atoms with Gasteiger partial charge in [0.15, 0.2) is 4.96 Å². The highest BCUT2D eigenvalue weighted by Gasteiger charge is 2.33. The Morgan fingerprint density at radius 1 is 1.23 bits per heavy atom. The predicted molar refractivity (Wildman–Crippen MR) is 106 cm³/mol. The molecule has 26 heavy (non-hydrogen) atoms. The lowest BCUT2D eigenvalue weighted by molar-refractivity contribution is 0.00553. The number of imidazole rings is 1. The topological polar surface area (TPSA) is 47.2 Å². The monoisotopic (exact) mass is 377 g/mol. The molecule has 6 nitrogen and oxygen atoms in total. The van der Waals surface area contributed by atoms with Crippen LogP contribution < -0.4 is 0 Å². The standard InChI is InChI=1S/C19H31N5OS/c1-15-18(24-10-12-26-19(24)20-15)14-22-8-9-23(17(13-22)5-11-25)16-3-6-21(2)7-4-16/h10,12,16-17,25H,3-9,11,13-14H2,1-2H3. The third kappa shape index (κ3) is 3.68. The second-order valence-corrected chi connectivity index (χ2v) is 8.75. The summed E-state index contributed by atoms with van der Waals surface area (Å²) < 4.78 is 2.24. The normalized spacial score (nSPS) is 24.7. The highest BCUT2D eigenvalue weighted by atomic mass is 32.1. The van der Waals surface area contributed by atoms with Crippen LogP contribution in [-0.4, -0.2) is 87.7 Å². The zero-order valence-corrected chi connectivity index (χ0v) is 16.8. The number of rotatable bonds is 5. The summed E-state index contributed by atoms with van der Waals surface area (Å²) in [5.74, 6) is 0. The van der Waals surface area contributed by atoms with E-state index in [4.69, 9.17) is 0 Å². The van der Waals surface area contributed by atoms with Crippen molar-refractivity contribution in [2.75, 3.05) is 46.4 Å². The van der Waals surface area contributed by atoms with Crippen LogP contribution in [0.5, 0.6) is 0 Å². The van der Waals surface area contributed by atoms with E-state index in [-0.39, 0.29) is 6.61 Å². The molecule has 1 unspecified atom stereocenters. The van der Waals surface area contributed by atoms with Crippen molar-refractivity contribution in [3.05, 3.63) is 23.0 Å². The molecule has 0 spiro atoms. The SMILES string of the molecule is Cc1nc2sccn2c1CN1CCN(C2CCN(C)CC2)C(CCO)C1. The highest BCUT2D eigenvalue weighted by molar-refractivity contribution is 7.15. The van der Waals surface area contributed by atoms with Gasteiger partial charge in [0.05, 0.1) is 11.4 Å². The van der Waals surface area contributed by atoms with Crippen molar-refractivity contribution in [1.29, 1.82) is 0 Å². The van der Waals surface area contributed by atoms with Crippen LogP contribution in [0, 0.1) is 6.92 Å². The molecule has 2 aliphatic rings. The van der Waals surface area contributed by atoms with Gasteiger partial charge in [0.25, 0.3) is 0 Å². The zero-order chi connectivity index (χ0) is 18.1. The minimum absolute atomic E-state index is 0.280. The molecule has 0 bridgehead atoms. The number of hydrogen-bond donors (Lipinski definition) is 1. The fourth-order valence-electron chi connectivity index (χ4n) is 4.63. The summed E-state index contributed by atoms with van der Waals surface area (Å²) in [6.07, 6.45) is 5.53. The molecule has 4 rings (SSSR count). The molecule has 2 aromatic heterocycles. The van der Waals surface area contributed by atoms with E-state index < -0.39 is 0 Å². The van der Waals surface area contributed by atoms with E-state index in [1.165, 1.54) is 31.6 Å². The van der Waals surface area contributed by atoms with Crippen LogP contribution in [-0.2, 0) is 6.54 Å². The van der Waals surface area contributed by atoms with Gasteiger partial charge in [-0.1, -0.05) is 0 Å². The second kappa shape index (κ2) is 7.94. The molecule has 144 valence electrons. The largest absolute Gasteiger partial charge is 0.396 e. The summed E-state index contributed by atoms with van der Waals surface area (Å²) in [5.41, 5.74) is 2.46. The molecule has 4 heterocycles. The summed E-state index contributed by atoms with van der Waals surface area (Å²) in [6.45, 7) is 9.01. The molecule has 0 aliphatic carbocycles. The fourth-order valence-corrected chi connectivity index (χ4v) is 5.41. The summed E-state index contributed by atoms with van der Waals surface area (Å²) in [6, 6.07) is 1.15. The van der Waals surface area contributed by atoms with Gasteiger partial charge in [0, 0.05) is 56.4 Å². The minimum Gasteiger partial charge on any atom is -0.396 e. The Morgan fingerprint density at radius 2 is 2.04 bits per heavy atom. The first kappa shape index (κ1) is 18.4. The van der Waals surface area contributed by atoms with Gasteiger partial charge in [-0.25, -0.2) is 4.98 Å². The molecule has 1 atom stereocenters. The Labute approximate surface area is 160 Å². The van der Waals surface area contributed by atoms with Crippen molar-refractivity contribution in [2.45, 2.75) is 44.8 Å². The number of piperidine rings is 1. The second-order valence-electron chi connectivity index (χ2n) is 7.87. The highest BCUT2D eigenvalue weighted by Crippen LogP contribution is 2.25. The van der Waals surface area contributed by atoms with Crippen LogP contribution in [0.2, 0.25) is 0 Å². The van der Waals surface area contributed by atoms with Gasteiger partial charge in [-0.2, -0.15) is 0 Å². The van der Waals surface area contributed by atoms with Crippen LogP contribution in [0.3, 0.4) is 0 Å². The summed E-state index contributed by atoms with van der Waals surface area (Å²) in [4.78, 5) is 13.5. The number of aliphatic hydroxyl groups is 1. The van der Waals surface area contributed by atoms with Gasteiger partial charge in [-0.3, -0.25) is 14.2 Å². The molecular weight excluding hydrogens is 346 g/mol. The number of aromatic nitrogens is 2. The van der Waals surface area contributed by atoms with E-state index in [1.807, 2.05) is 0 Å². The van der Waals surface area contributed by atoms with Gasteiger partial charge in [0.2, 0.25) is 0 Å². The average molecular weight is 378 g/mol. The number of hydrogen-bond acceptors (Lipinski definition) is 6. The molecule has 2 fully saturated rings. The van der Waals surface area contributed by atoms with Crippen molar-refractivity contribution in [3.63, 3.8) is 0 Å². The van der Waals surface area contributed by atoms with Gasteiger partial charge in [-0.15, -0.1) is 11.3 Å². The summed E-state index contributed by atoms with van der Waals surface area (Å²) >= 11 is 1.70. The van der Waals surface area contributed by atoms with E-state index in [0.29, 0.717) is 12.1 Å². The average Bonchev–Trinajstić information content (AvgIpc) is 3.19. The smallest absolute Gasteiger partial charge is 0.194 e. The lowest BCUT2D eigenvalue weighted by Gasteiger charge is -2.47. The maximum Gasteiger partial charge on any atom is 0.194 e. The minimum atomic E-state index is 0.280. The first-order chi connectivity index (χ1) is 12.7. The molecule has 7 heteroatoms. The zero-order valence-electron chi connectivity index (χ0n) is 16.0. The maximum atomic E-state index is 9.61. The number of likely N-dealkylation sites (tertiary alicyclic amines) is 1. The van der Waals surface area contributed by atoms with E-state index >= 15 is 0 Å². The van der Waals surface area contributed by atoms with Gasteiger partial charge < -0.3 is 10.0 Å². The van der Waals surface area contributed by atoms with Crippen molar-refractivity contribution in [1.82, 2.24) is 24.1 Å². The van der Waals surface area contributed by atoms with E-state index in [2.05, 4.69) is 49.6 Å². The first-order valence-electron chi connectivity index (χ1n) is 9.84. The van der Waals surface area contributed by atoms with Crippen LogP contribution in [0.15, 0.2) is 11.6 Å². The third-order valence-electron chi connectivity index (χ3n) is 6.17. The van der Waals surface area contributed by atoms with Crippen LogP contribution in [0.4, 0.5) is 0 Å². The lowest BCUT2D eigenvalue weighted by atomic mass is 9.98. The Hall–Kier alpha value is -0.990. The lowest BCUT2D eigenvalue weighted by Crippen LogP contribution is -2.58. The maximum absolute atomic E-state index is 9.61. The van der Waals surface area contributed by atoms with Crippen LogP contribution >= 0.6 is 11.3 Å². The third-order valence-corrected chi connectivity index (χ3v) is 6.92. The summed E-state index contributed by atoms with van der Waals surface area (Å²) in [7, 11) is 2.22. The molecule has 2 aromatic rings. The molecule has 1 N–H and O–H groups in total. The molecule has 0 aromatic carbocycles. The number of piperazine rings is 1. The first-order valence-corrected chi connectivity index (χ1v) is 10.7. The number of fused-ring (bicyclic) bond motifs is 1. The van der Waals surface area contributed by atoms with Gasteiger partial charge in [0.1, 0.15) is 0 Å². The molecule has 0 radical (unpaired) electrons. The number of nitrogens with zero attached hydrogens (tertiary/aromatic N) is 5. The molecule has 2 aliphatic heterocycles. The molecule has 0 saturated carbocycles. The fraction of sp³-hybridized carbons (Fsp3) is 0.737. The Kier molecular flexibility index (Phi) is 5.61. The number of aryl methyl sites for hydroxylation is 1. The van der Waals surface area contributed by atoms with E-state index in [1.54, 1.807) is 11.3 Å². The van der Waals surface area contributed by atoms with Crippen LogP contribution in [0.1, 0.15) is 30.7 Å².